The molecule has 0 spiro atoms. The molecule has 0 saturated heterocycles. The van der Waals surface area contributed by atoms with Gasteiger partial charge in [0.15, 0.2) is 0 Å². The molecule has 1 amide bonds. The van der Waals surface area contributed by atoms with Gasteiger partial charge in [-0.15, -0.1) is 0 Å². The Morgan fingerprint density at radius 2 is 1.95 bits per heavy atom. The molecule has 0 bridgehead atoms. The Hall–Kier alpha value is -2.11. The predicted molar refractivity (Wildman–Crippen MR) is 77.1 cm³/mol. The summed E-state index contributed by atoms with van der Waals surface area (Å²) >= 11 is 0. The highest BCUT2D eigenvalue weighted by Gasteiger charge is 2.31. The Balaban J connectivity index is 2.18. The maximum Gasteiger partial charge on any atom is 0.308 e. The number of carbonyl (C=O) groups excluding carboxylic acids is 1. The fourth-order valence-electron chi connectivity index (χ4n) is 2.81. The minimum Gasteiger partial charge on any atom is -0.481 e. The number of carboxylic acids is 1. The van der Waals surface area contributed by atoms with Crippen molar-refractivity contribution in [3.63, 3.8) is 0 Å². The van der Waals surface area contributed by atoms with E-state index < -0.39 is 17.8 Å². The van der Waals surface area contributed by atoms with Gasteiger partial charge in [0.2, 0.25) is 0 Å². The van der Waals surface area contributed by atoms with E-state index in [1.165, 1.54) is 23.7 Å². The molecule has 21 heavy (non-hydrogen) atoms. The largest absolute Gasteiger partial charge is 0.481 e. The first-order chi connectivity index (χ1) is 10.0. The fraction of sp³-hybridized carbons (Fsp3) is 0.533. The molecule has 1 aliphatic carbocycles. The molecule has 1 aromatic rings. The lowest BCUT2D eigenvalue weighted by Crippen LogP contribution is -2.44. The van der Waals surface area contributed by atoms with Gasteiger partial charge in [-0.25, -0.2) is 0 Å². The number of aliphatic carboxylic acids is 1. The van der Waals surface area contributed by atoms with Gasteiger partial charge in [0.1, 0.15) is 5.69 Å². The van der Waals surface area contributed by atoms with Crippen LogP contribution in [-0.2, 0) is 11.8 Å². The van der Waals surface area contributed by atoms with Crippen LogP contribution in [0.1, 0.15) is 42.6 Å². The molecule has 0 radical (unpaired) electrons. The van der Waals surface area contributed by atoms with Gasteiger partial charge in [-0.2, -0.15) is 0 Å². The lowest BCUT2D eigenvalue weighted by atomic mass is 9.95. The number of amides is 1. The molecule has 1 fully saturated rings. The van der Waals surface area contributed by atoms with Gasteiger partial charge in [0.25, 0.3) is 11.5 Å². The molecular formula is C15H20N2O4. The molecule has 0 aliphatic heterocycles. The molecule has 0 aromatic carbocycles. The van der Waals surface area contributed by atoms with E-state index in [1.54, 1.807) is 6.07 Å². The van der Waals surface area contributed by atoms with Gasteiger partial charge in [-0.1, -0.05) is 25.3 Å². The smallest absolute Gasteiger partial charge is 0.308 e. The Morgan fingerprint density at radius 1 is 1.24 bits per heavy atom. The van der Waals surface area contributed by atoms with Gasteiger partial charge in [-0.3, -0.25) is 14.4 Å². The van der Waals surface area contributed by atoms with Gasteiger partial charge in [0, 0.05) is 19.2 Å². The van der Waals surface area contributed by atoms with Crippen LogP contribution >= 0.6 is 0 Å². The van der Waals surface area contributed by atoms with Crippen molar-refractivity contribution in [2.45, 2.75) is 38.1 Å². The summed E-state index contributed by atoms with van der Waals surface area (Å²) in [4.78, 5) is 35.2. The lowest BCUT2D eigenvalue weighted by Gasteiger charge is -2.23. The van der Waals surface area contributed by atoms with E-state index in [2.05, 4.69) is 5.32 Å². The maximum absolute atomic E-state index is 12.3. The van der Waals surface area contributed by atoms with Crippen LogP contribution in [0.2, 0.25) is 0 Å². The number of carboxylic acid groups (broad SMARTS) is 1. The second-order valence-electron chi connectivity index (χ2n) is 5.47. The van der Waals surface area contributed by atoms with Crippen molar-refractivity contribution in [1.29, 1.82) is 0 Å². The van der Waals surface area contributed by atoms with Crippen molar-refractivity contribution in [2.24, 2.45) is 13.0 Å². The zero-order valence-corrected chi connectivity index (χ0v) is 12.0. The SMILES string of the molecule is Cn1c(C(=O)N[C@H]2CCCCC[C@H]2C(=O)O)cccc1=O. The normalized spacial score (nSPS) is 22.3. The third-order valence-electron chi connectivity index (χ3n) is 4.07. The average Bonchev–Trinajstić information content (AvgIpc) is 2.67. The van der Waals surface area contributed by atoms with E-state index >= 15 is 0 Å². The zero-order chi connectivity index (χ0) is 15.4. The first kappa shape index (κ1) is 15.3. The van der Waals surface area contributed by atoms with Crippen LogP contribution in [0.5, 0.6) is 0 Å². The van der Waals surface area contributed by atoms with E-state index in [1.807, 2.05) is 0 Å². The quantitative estimate of drug-likeness (QED) is 0.818. The first-order valence-electron chi connectivity index (χ1n) is 7.20. The highest BCUT2D eigenvalue weighted by atomic mass is 16.4. The molecule has 1 aliphatic rings. The summed E-state index contributed by atoms with van der Waals surface area (Å²) in [5.41, 5.74) is -0.0193. The topological polar surface area (TPSA) is 88.4 Å². The number of carbonyl (C=O) groups is 2. The Bertz CT molecular complexity index is 594. The number of pyridine rings is 1. The third kappa shape index (κ3) is 3.51. The number of hydrogen-bond acceptors (Lipinski definition) is 3. The first-order valence-corrected chi connectivity index (χ1v) is 7.20. The average molecular weight is 292 g/mol. The molecule has 1 heterocycles. The molecule has 114 valence electrons. The summed E-state index contributed by atoms with van der Waals surface area (Å²) in [6.07, 6.45) is 3.99. The van der Waals surface area contributed by atoms with Crippen LogP contribution in [0.3, 0.4) is 0 Å². The van der Waals surface area contributed by atoms with Crippen molar-refractivity contribution in [1.82, 2.24) is 9.88 Å². The van der Waals surface area contributed by atoms with Crippen molar-refractivity contribution in [3.05, 3.63) is 34.2 Å². The van der Waals surface area contributed by atoms with Gasteiger partial charge < -0.3 is 15.0 Å². The number of hydrogen-bond donors (Lipinski definition) is 2. The Kier molecular flexibility index (Phi) is 4.77. The number of rotatable bonds is 3. The molecule has 1 saturated carbocycles. The summed E-state index contributed by atoms with van der Waals surface area (Å²) in [6.45, 7) is 0. The van der Waals surface area contributed by atoms with Crippen molar-refractivity contribution < 1.29 is 14.7 Å². The number of nitrogens with one attached hydrogen (secondary N) is 1. The highest BCUT2D eigenvalue weighted by molar-refractivity contribution is 5.93. The predicted octanol–water partition coefficient (Wildman–Crippen LogP) is 1.15. The van der Waals surface area contributed by atoms with E-state index in [0.29, 0.717) is 12.8 Å². The molecule has 1 aromatic heterocycles. The zero-order valence-electron chi connectivity index (χ0n) is 12.0. The van der Waals surface area contributed by atoms with Gasteiger partial charge in [-0.05, 0) is 18.9 Å². The van der Waals surface area contributed by atoms with Crippen LogP contribution in [0.15, 0.2) is 23.0 Å². The fourth-order valence-corrected chi connectivity index (χ4v) is 2.81. The van der Waals surface area contributed by atoms with E-state index in [4.69, 9.17) is 0 Å². The summed E-state index contributed by atoms with van der Waals surface area (Å²) in [7, 11) is 1.53. The van der Waals surface area contributed by atoms with Crippen molar-refractivity contribution >= 4 is 11.9 Å². The molecule has 6 nitrogen and oxygen atoms in total. The van der Waals surface area contributed by atoms with Crippen LogP contribution in [0.25, 0.3) is 0 Å². The molecule has 2 N–H and O–H groups in total. The summed E-state index contributed by atoms with van der Waals surface area (Å²) in [6, 6.07) is 4.08. The summed E-state index contributed by atoms with van der Waals surface area (Å²) < 4.78 is 1.27. The van der Waals surface area contributed by atoms with Crippen LogP contribution in [0.4, 0.5) is 0 Å². The minimum absolute atomic E-state index is 0.246. The van der Waals surface area contributed by atoms with E-state index in [0.717, 1.165) is 19.3 Å². The van der Waals surface area contributed by atoms with E-state index in [-0.39, 0.29) is 17.3 Å². The third-order valence-corrected chi connectivity index (χ3v) is 4.07. The van der Waals surface area contributed by atoms with Gasteiger partial charge >= 0.3 is 5.97 Å². The standard InChI is InChI=1S/C15H20N2O4/c1-17-12(8-5-9-13(17)18)14(19)16-11-7-4-2-3-6-10(11)15(20)21/h5,8-11H,2-4,6-7H2,1H3,(H,16,19)(H,20,21)/t10-,11+/m1/s1. The molecular weight excluding hydrogens is 272 g/mol. The maximum atomic E-state index is 12.3. The Labute approximate surface area is 122 Å². The monoisotopic (exact) mass is 292 g/mol. The minimum atomic E-state index is -0.871. The second-order valence-corrected chi connectivity index (χ2v) is 5.47. The van der Waals surface area contributed by atoms with Crippen LogP contribution in [-0.4, -0.2) is 27.6 Å². The van der Waals surface area contributed by atoms with Crippen molar-refractivity contribution in [2.75, 3.05) is 0 Å². The summed E-state index contributed by atoms with van der Waals surface area (Å²) in [5, 5.41) is 12.1. The molecule has 2 rings (SSSR count). The van der Waals surface area contributed by atoms with Crippen molar-refractivity contribution in [3.8, 4) is 0 Å². The van der Waals surface area contributed by atoms with Crippen LogP contribution < -0.4 is 10.9 Å². The van der Waals surface area contributed by atoms with Crippen LogP contribution in [0, 0.1) is 5.92 Å². The Morgan fingerprint density at radius 3 is 2.67 bits per heavy atom. The lowest BCUT2D eigenvalue weighted by molar-refractivity contribution is -0.142. The molecule has 2 atom stereocenters. The molecule has 0 unspecified atom stereocenters. The summed E-state index contributed by atoms with van der Waals surface area (Å²) in [5.74, 6) is -1.82. The number of nitrogens with zero attached hydrogens (tertiary/aromatic N) is 1. The highest BCUT2D eigenvalue weighted by Crippen LogP contribution is 2.24. The van der Waals surface area contributed by atoms with Gasteiger partial charge in [0.05, 0.1) is 5.92 Å². The second kappa shape index (κ2) is 6.56. The number of aromatic nitrogens is 1. The van der Waals surface area contributed by atoms with E-state index in [9.17, 15) is 19.5 Å². The molecule has 6 heteroatoms.